The van der Waals surface area contributed by atoms with Gasteiger partial charge in [0.05, 0.1) is 11.1 Å². The van der Waals surface area contributed by atoms with Crippen molar-refractivity contribution in [2.45, 2.75) is 6.04 Å². The molecule has 1 unspecified atom stereocenters. The van der Waals surface area contributed by atoms with E-state index < -0.39 is 11.9 Å². The van der Waals surface area contributed by atoms with Gasteiger partial charge in [-0.1, -0.05) is 35.3 Å². The lowest BCUT2D eigenvalue weighted by molar-refractivity contribution is 0.600. The summed E-state index contributed by atoms with van der Waals surface area (Å²) >= 11 is 14.9. The fraction of sp³-hybridized carbons (Fsp3) is 0.0769. The van der Waals surface area contributed by atoms with Crippen molar-refractivity contribution in [2.24, 2.45) is 5.73 Å². The van der Waals surface area contributed by atoms with Crippen molar-refractivity contribution in [2.75, 3.05) is 0 Å². The summed E-state index contributed by atoms with van der Waals surface area (Å²) in [5.41, 5.74) is 7.21. The van der Waals surface area contributed by atoms with E-state index in [0.717, 1.165) is 10.0 Å². The third-order valence-corrected chi connectivity index (χ3v) is 4.05. The van der Waals surface area contributed by atoms with Gasteiger partial charge >= 0.3 is 0 Å². The highest BCUT2D eigenvalue weighted by molar-refractivity contribution is 9.10. The molecule has 0 aliphatic heterocycles. The minimum Gasteiger partial charge on any atom is -0.320 e. The van der Waals surface area contributed by atoms with Gasteiger partial charge in [-0.15, -0.1) is 0 Å². The maximum absolute atomic E-state index is 13.8. The Morgan fingerprint density at radius 1 is 1.11 bits per heavy atom. The highest BCUT2D eigenvalue weighted by Crippen LogP contribution is 2.29. The molecule has 2 aromatic carbocycles. The first kappa shape index (κ1) is 13.8. The predicted octanol–water partition coefficient (Wildman–Crippen LogP) is 4.94. The highest BCUT2D eigenvalue weighted by Gasteiger charge is 2.14. The lowest BCUT2D eigenvalue weighted by atomic mass is 9.99. The normalized spacial score (nSPS) is 12.5. The van der Waals surface area contributed by atoms with E-state index in [0.29, 0.717) is 15.6 Å². The average molecular weight is 349 g/mol. The van der Waals surface area contributed by atoms with Gasteiger partial charge < -0.3 is 5.73 Å². The van der Waals surface area contributed by atoms with Crippen molar-refractivity contribution >= 4 is 39.1 Å². The molecule has 0 heterocycles. The Bertz CT molecular complexity index is 589. The SMILES string of the molecule is NC(c1ccc(Cl)c(Br)c1)c1ccc(Cl)cc1F. The maximum atomic E-state index is 13.8. The summed E-state index contributed by atoms with van der Waals surface area (Å²) in [5.74, 6) is -0.416. The van der Waals surface area contributed by atoms with Gasteiger partial charge in [0.1, 0.15) is 5.82 Å². The molecule has 18 heavy (non-hydrogen) atoms. The van der Waals surface area contributed by atoms with Gasteiger partial charge in [0.25, 0.3) is 0 Å². The first-order valence-electron chi connectivity index (χ1n) is 5.14. The van der Waals surface area contributed by atoms with Crippen molar-refractivity contribution in [1.29, 1.82) is 0 Å². The molecule has 1 atom stereocenters. The van der Waals surface area contributed by atoms with Crippen LogP contribution in [0.15, 0.2) is 40.9 Å². The van der Waals surface area contributed by atoms with E-state index >= 15 is 0 Å². The smallest absolute Gasteiger partial charge is 0.129 e. The number of rotatable bonds is 2. The second-order valence-corrected chi connectivity index (χ2v) is 5.52. The Labute approximate surface area is 123 Å². The van der Waals surface area contributed by atoms with Crippen LogP contribution in [0.3, 0.4) is 0 Å². The summed E-state index contributed by atoms with van der Waals surface area (Å²) in [7, 11) is 0. The Balaban J connectivity index is 2.41. The van der Waals surface area contributed by atoms with Crippen LogP contribution in [-0.4, -0.2) is 0 Å². The number of hydrogen-bond acceptors (Lipinski definition) is 1. The number of hydrogen-bond donors (Lipinski definition) is 1. The third-order valence-electron chi connectivity index (χ3n) is 2.60. The second kappa shape index (κ2) is 5.57. The summed E-state index contributed by atoms with van der Waals surface area (Å²) in [5, 5.41) is 0.934. The molecule has 94 valence electrons. The molecule has 0 aliphatic rings. The van der Waals surface area contributed by atoms with Crippen molar-refractivity contribution in [3.05, 3.63) is 67.9 Å². The molecule has 2 rings (SSSR count). The minimum absolute atomic E-state index is 0.348. The monoisotopic (exact) mass is 347 g/mol. The van der Waals surface area contributed by atoms with E-state index in [-0.39, 0.29) is 0 Å². The van der Waals surface area contributed by atoms with Crippen LogP contribution in [0.1, 0.15) is 17.2 Å². The topological polar surface area (TPSA) is 26.0 Å². The summed E-state index contributed by atoms with van der Waals surface area (Å²) in [4.78, 5) is 0. The second-order valence-electron chi connectivity index (χ2n) is 3.82. The van der Waals surface area contributed by atoms with Gasteiger partial charge in [0.15, 0.2) is 0 Å². The van der Waals surface area contributed by atoms with Crippen LogP contribution in [0, 0.1) is 5.82 Å². The molecule has 0 aromatic heterocycles. The fourth-order valence-corrected chi connectivity index (χ4v) is 2.31. The van der Waals surface area contributed by atoms with E-state index in [2.05, 4.69) is 15.9 Å². The average Bonchev–Trinajstić information content (AvgIpc) is 2.32. The van der Waals surface area contributed by atoms with Crippen LogP contribution in [0.5, 0.6) is 0 Å². The van der Waals surface area contributed by atoms with Crippen molar-refractivity contribution in [3.63, 3.8) is 0 Å². The lowest BCUT2D eigenvalue weighted by Crippen LogP contribution is -2.13. The van der Waals surface area contributed by atoms with Crippen LogP contribution >= 0.6 is 39.1 Å². The molecule has 0 saturated heterocycles. The van der Waals surface area contributed by atoms with E-state index in [1.165, 1.54) is 6.07 Å². The van der Waals surface area contributed by atoms with Gasteiger partial charge in [0.2, 0.25) is 0 Å². The summed E-state index contributed by atoms with van der Waals surface area (Å²) < 4.78 is 14.5. The van der Waals surface area contributed by atoms with E-state index in [1.807, 2.05) is 0 Å². The maximum Gasteiger partial charge on any atom is 0.129 e. The van der Waals surface area contributed by atoms with Crippen LogP contribution < -0.4 is 5.73 Å². The summed E-state index contributed by atoms with van der Waals surface area (Å²) in [6.07, 6.45) is 0. The summed E-state index contributed by atoms with van der Waals surface area (Å²) in [6, 6.07) is 9.16. The largest absolute Gasteiger partial charge is 0.320 e. The van der Waals surface area contributed by atoms with Gasteiger partial charge in [0, 0.05) is 15.1 Å². The highest BCUT2D eigenvalue weighted by atomic mass is 79.9. The first-order chi connectivity index (χ1) is 8.49. The molecule has 0 radical (unpaired) electrons. The zero-order valence-corrected chi connectivity index (χ0v) is 12.2. The molecule has 0 spiro atoms. The number of nitrogens with two attached hydrogens (primary N) is 1. The van der Waals surface area contributed by atoms with Gasteiger partial charge in [-0.3, -0.25) is 0 Å². The molecule has 0 bridgehead atoms. The molecular weight excluding hydrogens is 340 g/mol. The van der Waals surface area contributed by atoms with E-state index in [4.69, 9.17) is 28.9 Å². The quantitative estimate of drug-likeness (QED) is 0.816. The van der Waals surface area contributed by atoms with Crippen LogP contribution in [-0.2, 0) is 0 Å². The molecule has 0 saturated carbocycles. The fourth-order valence-electron chi connectivity index (χ4n) is 1.64. The van der Waals surface area contributed by atoms with Crippen molar-refractivity contribution in [1.82, 2.24) is 0 Å². The Kier molecular flexibility index (Phi) is 4.28. The van der Waals surface area contributed by atoms with Crippen LogP contribution in [0.2, 0.25) is 10.0 Å². The van der Waals surface area contributed by atoms with E-state index in [9.17, 15) is 4.39 Å². The van der Waals surface area contributed by atoms with Gasteiger partial charge in [-0.25, -0.2) is 4.39 Å². The van der Waals surface area contributed by atoms with Gasteiger partial charge in [-0.05, 0) is 45.8 Å². The van der Waals surface area contributed by atoms with Crippen molar-refractivity contribution in [3.8, 4) is 0 Å². The van der Waals surface area contributed by atoms with E-state index in [1.54, 1.807) is 30.3 Å². The van der Waals surface area contributed by atoms with Crippen molar-refractivity contribution < 1.29 is 4.39 Å². The van der Waals surface area contributed by atoms with Crippen LogP contribution in [0.25, 0.3) is 0 Å². The molecule has 5 heteroatoms. The van der Waals surface area contributed by atoms with Crippen LogP contribution in [0.4, 0.5) is 4.39 Å². The Morgan fingerprint density at radius 2 is 1.83 bits per heavy atom. The molecule has 0 amide bonds. The Morgan fingerprint density at radius 3 is 2.44 bits per heavy atom. The standard InChI is InChI=1S/C13H9BrCl2FN/c14-10-5-7(1-4-11(10)16)13(18)9-3-2-8(15)6-12(9)17/h1-6,13H,18H2. The predicted molar refractivity (Wildman–Crippen MR) is 76.6 cm³/mol. The number of benzene rings is 2. The lowest BCUT2D eigenvalue weighted by Gasteiger charge is -2.14. The summed E-state index contributed by atoms with van der Waals surface area (Å²) in [6.45, 7) is 0. The minimum atomic E-state index is -0.559. The molecule has 0 aliphatic carbocycles. The molecule has 0 fully saturated rings. The zero-order chi connectivity index (χ0) is 13.3. The molecule has 1 nitrogen and oxygen atoms in total. The molecule has 2 N–H and O–H groups in total. The number of halogens is 4. The van der Waals surface area contributed by atoms with Gasteiger partial charge in [-0.2, -0.15) is 0 Å². The zero-order valence-electron chi connectivity index (χ0n) is 9.13. The molecule has 2 aromatic rings. The molecular formula is C13H9BrCl2FN. The third kappa shape index (κ3) is 2.86. The first-order valence-corrected chi connectivity index (χ1v) is 6.69. The Hall–Kier alpha value is -0.610.